The molecule has 0 radical (unpaired) electrons. The van der Waals surface area contributed by atoms with E-state index in [9.17, 15) is 0 Å². The maximum atomic E-state index is 4.48. The standard InChI is InChI=1S/C15H23N3/c1-2-17-14(15-10-16-5-6-18-15)9-13-8-11-3-4-12(13)7-11/h5-6,10-14,17H,2-4,7-9H2,1H3. The summed E-state index contributed by atoms with van der Waals surface area (Å²) < 4.78 is 0. The highest BCUT2D eigenvalue weighted by Gasteiger charge is 2.40. The molecule has 3 rings (SSSR count). The number of rotatable bonds is 5. The fraction of sp³-hybridized carbons (Fsp3) is 0.733. The van der Waals surface area contributed by atoms with E-state index in [2.05, 4.69) is 22.2 Å². The quantitative estimate of drug-likeness (QED) is 0.866. The summed E-state index contributed by atoms with van der Waals surface area (Å²) in [7, 11) is 0. The minimum absolute atomic E-state index is 0.396. The monoisotopic (exact) mass is 245 g/mol. The molecule has 1 N–H and O–H groups in total. The largest absolute Gasteiger partial charge is 0.309 e. The summed E-state index contributed by atoms with van der Waals surface area (Å²) in [6, 6.07) is 0.396. The van der Waals surface area contributed by atoms with Gasteiger partial charge in [-0.2, -0.15) is 0 Å². The molecule has 2 bridgehead atoms. The van der Waals surface area contributed by atoms with Gasteiger partial charge in [0.1, 0.15) is 0 Å². The van der Waals surface area contributed by atoms with Crippen molar-refractivity contribution in [3.63, 3.8) is 0 Å². The van der Waals surface area contributed by atoms with Gasteiger partial charge in [-0.05, 0) is 50.0 Å². The van der Waals surface area contributed by atoms with Crippen LogP contribution in [0.2, 0.25) is 0 Å². The van der Waals surface area contributed by atoms with E-state index in [1.807, 2.05) is 6.20 Å². The van der Waals surface area contributed by atoms with Crippen molar-refractivity contribution in [1.82, 2.24) is 15.3 Å². The van der Waals surface area contributed by atoms with Gasteiger partial charge in [-0.1, -0.05) is 13.3 Å². The molecule has 4 atom stereocenters. The minimum Gasteiger partial charge on any atom is -0.309 e. The molecule has 0 saturated heterocycles. The summed E-state index contributed by atoms with van der Waals surface area (Å²) in [6.07, 6.45) is 12.6. The van der Waals surface area contributed by atoms with Crippen LogP contribution in [0.3, 0.4) is 0 Å². The molecule has 0 amide bonds. The Morgan fingerprint density at radius 2 is 2.28 bits per heavy atom. The Morgan fingerprint density at radius 1 is 1.33 bits per heavy atom. The number of fused-ring (bicyclic) bond motifs is 2. The van der Waals surface area contributed by atoms with Crippen LogP contribution in [0, 0.1) is 17.8 Å². The predicted molar refractivity (Wildman–Crippen MR) is 72.0 cm³/mol. The molecule has 2 fully saturated rings. The second-order valence-corrected chi connectivity index (χ2v) is 5.91. The average molecular weight is 245 g/mol. The lowest BCUT2D eigenvalue weighted by molar-refractivity contribution is 0.278. The number of nitrogens with zero attached hydrogens (tertiary/aromatic N) is 2. The summed E-state index contributed by atoms with van der Waals surface area (Å²) in [5.74, 6) is 2.94. The summed E-state index contributed by atoms with van der Waals surface area (Å²) in [5, 5.41) is 3.58. The SMILES string of the molecule is CCNC(CC1CC2CCC1C2)c1cnccn1. The van der Waals surface area contributed by atoms with Crippen LogP contribution in [0.25, 0.3) is 0 Å². The van der Waals surface area contributed by atoms with Gasteiger partial charge >= 0.3 is 0 Å². The molecule has 1 aromatic rings. The van der Waals surface area contributed by atoms with Crippen molar-refractivity contribution in [2.24, 2.45) is 17.8 Å². The molecular weight excluding hydrogens is 222 g/mol. The van der Waals surface area contributed by atoms with E-state index in [0.29, 0.717) is 6.04 Å². The van der Waals surface area contributed by atoms with Gasteiger partial charge in [-0.25, -0.2) is 0 Å². The zero-order valence-corrected chi connectivity index (χ0v) is 11.2. The molecule has 4 unspecified atom stereocenters. The highest BCUT2D eigenvalue weighted by molar-refractivity contribution is 5.04. The van der Waals surface area contributed by atoms with Gasteiger partial charge in [0.05, 0.1) is 11.7 Å². The van der Waals surface area contributed by atoms with Crippen molar-refractivity contribution in [2.75, 3.05) is 6.54 Å². The first-order valence-electron chi connectivity index (χ1n) is 7.36. The van der Waals surface area contributed by atoms with Crippen LogP contribution in [-0.2, 0) is 0 Å². The number of hydrogen-bond acceptors (Lipinski definition) is 3. The molecule has 0 aromatic carbocycles. The van der Waals surface area contributed by atoms with Crippen LogP contribution < -0.4 is 5.32 Å². The van der Waals surface area contributed by atoms with Crippen molar-refractivity contribution in [3.8, 4) is 0 Å². The van der Waals surface area contributed by atoms with Crippen molar-refractivity contribution in [1.29, 1.82) is 0 Å². The molecule has 1 heterocycles. The lowest BCUT2D eigenvalue weighted by Gasteiger charge is -2.26. The van der Waals surface area contributed by atoms with Gasteiger partial charge in [-0.3, -0.25) is 9.97 Å². The van der Waals surface area contributed by atoms with Crippen molar-refractivity contribution in [3.05, 3.63) is 24.3 Å². The Labute approximate surface area is 109 Å². The molecule has 2 aliphatic carbocycles. The fourth-order valence-electron chi connectivity index (χ4n) is 4.01. The second-order valence-electron chi connectivity index (χ2n) is 5.91. The van der Waals surface area contributed by atoms with Crippen molar-refractivity contribution in [2.45, 2.75) is 45.1 Å². The number of hydrogen-bond donors (Lipinski definition) is 1. The maximum absolute atomic E-state index is 4.48. The third-order valence-electron chi connectivity index (χ3n) is 4.81. The number of aromatic nitrogens is 2. The van der Waals surface area contributed by atoms with Gasteiger partial charge in [0.15, 0.2) is 0 Å². The van der Waals surface area contributed by atoms with Gasteiger partial charge in [0.25, 0.3) is 0 Å². The minimum atomic E-state index is 0.396. The van der Waals surface area contributed by atoms with Crippen molar-refractivity contribution < 1.29 is 0 Å². The summed E-state index contributed by atoms with van der Waals surface area (Å²) in [4.78, 5) is 8.68. The van der Waals surface area contributed by atoms with E-state index in [4.69, 9.17) is 0 Å². The third kappa shape index (κ3) is 2.41. The van der Waals surface area contributed by atoms with Crippen molar-refractivity contribution >= 4 is 0 Å². The summed E-state index contributed by atoms with van der Waals surface area (Å²) in [5.41, 5.74) is 1.11. The topological polar surface area (TPSA) is 37.8 Å². The molecule has 98 valence electrons. The fourth-order valence-corrected chi connectivity index (χ4v) is 4.01. The normalized spacial score (nSPS) is 31.7. The maximum Gasteiger partial charge on any atom is 0.0756 e. The molecule has 2 saturated carbocycles. The lowest BCUT2D eigenvalue weighted by Crippen LogP contribution is -2.26. The Balaban J connectivity index is 1.67. The van der Waals surface area contributed by atoms with E-state index in [-0.39, 0.29) is 0 Å². The molecular formula is C15H23N3. The van der Waals surface area contributed by atoms with Crippen LogP contribution in [0.4, 0.5) is 0 Å². The highest BCUT2D eigenvalue weighted by Crippen LogP contribution is 2.50. The first kappa shape index (κ1) is 12.1. The van der Waals surface area contributed by atoms with Gasteiger partial charge in [0, 0.05) is 18.6 Å². The lowest BCUT2D eigenvalue weighted by atomic mass is 9.83. The van der Waals surface area contributed by atoms with Crippen LogP contribution in [0.15, 0.2) is 18.6 Å². The molecule has 3 nitrogen and oxygen atoms in total. The predicted octanol–water partition coefficient (Wildman–Crippen LogP) is 2.95. The molecule has 3 heteroatoms. The zero-order valence-electron chi connectivity index (χ0n) is 11.2. The van der Waals surface area contributed by atoms with Crippen LogP contribution in [0.5, 0.6) is 0 Å². The molecule has 2 aliphatic rings. The van der Waals surface area contributed by atoms with Gasteiger partial charge in [-0.15, -0.1) is 0 Å². The van der Waals surface area contributed by atoms with Gasteiger partial charge in [0.2, 0.25) is 0 Å². The summed E-state index contributed by atoms with van der Waals surface area (Å²) in [6.45, 7) is 3.17. The van der Waals surface area contributed by atoms with E-state index in [1.165, 1.54) is 32.1 Å². The molecule has 0 spiro atoms. The van der Waals surface area contributed by atoms with E-state index in [1.54, 1.807) is 12.4 Å². The zero-order chi connectivity index (χ0) is 12.4. The van der Waals surface area contributed by atoms with Gasteiger partial charge < -0.3 is 5.32 Å². The first-order valence-corrected chi connectivity index (χ1v) is 7.36. The second kappa shape index (κ2) is 5.35. The molecule has 18 heavy (non-hydrogen) atoms. The Bertz CT molecular complexity index is 379. The first-order chi connectivity index (χ1) is 8.86. The van der Waals surface area contributed by atoms with E-state index >= 15 is 0 Å². The Morgan fingerprint density at radius 3 is 2.89 bits per heavy atom. The van der Waals surface area contributed by atoms with E-state index in [0.717, 1.165) is 30.0 Å². The van der Waals surface area contributed by atoms with Crippen LogP contribution >= 0.6 is 0 Å². The summed E-state index contributed by atoms with van der Waals surface area (Å²) >= 11 is 0. The average Bonchev–Trinajstić information content (AvgIpc) is 3.01. The Hall–Kier alpha value is -0.960. The third-order valence-corrected chi connectivity index (χ3v) is 4.81. The number of nitrogens with one attached hydrogen (secondary N) is 1. The van der Waals surface area contributed by atoms with Crippen LogP contribution in [0.1, 0.15) is 50.8 Å². The molecule has 1 aromatic heterocycles. The van der Waals surface area contributed by atoms with Crippen LogP contribution in [-0.4, -0.2) is 16.5 Å². The smallest absolute Gasteiger partial charge is 0.0756 e. The van der Waals surface area contributed by atoms with E-state index < -0.39 is 0 Å². The highest BCUT2D eigenvalue weighted by atomic mass is 14.9. The Kier molecular flexibility index (Phi) is 3.59. The molecule has 0 aliphatic heterocycles.